The summed E-state index contributed by atoms with van der Waals surface area (Å²) in [6.45, 7) is 13.9. The van der Waals surface area contributed by atoms with Crippen LogP contribution in [0.4, 0.5) is 0 Å². The van der Waals surface area contributed by atoms with Gasteiger partial charge in [0.15, 0.2) is 37.1 Å². The quantitative estimate of drug-likeness (QED) is 0.0489. The second-order valence-corrected chi connectivity index (χ2v) is 25.0. The standard InChI is InChI=1S/C55H64I4O20/c1-26(2)47(61)71-25-55(46(73-40(60)24-68-41-31(11)20-36(58)21-37(41)59)43(75-49(63)28(5)6)39(78-55)23-70-53(67)33-14-18-35(57)19-15-33)79-54-45(77-51(65)30(9)10)44(76-50(64)29(7)8)42(74-48(62)27(3)4)38(72-54)22-69-52(66)32-12-16-34(56)17-13-32/h12-21,26-30,38-39,42-46,54H,22-25H2,1-11H3/t38-,39-,42-,43-,44+,45-,46+,54-,55+/m1/s1. The van der Waals surface area contributed by atoms with E-state index in [-0.39, 0.29) is 11.1 Å². The first-order valence-electron chi connectivity index (χ1n) is 25.2. The van der Waals surface area contributed by atoms with Gasteiger partial charge < -0.3 is 56.8 Å². The van der Waals surface area contributed by atoms with Gasteiger partial charge in [0.25, 0.3) is 0 Å². The van der Waals surface area contributed by atoms with Crippen LogP contribution in [0.15, 0.2) is 60.7 Å². The molecule has 0 aliphatic carbocycles. The molecule has 0 N–H and O–H groups in total. The Kier molecular flexibility index (Phi) is 24.9. The summed E-state index contributed by atoms with van der Waals surface area (Å²) in [6, 6.07) is 16.5. The summed E-state index contributed by atoms with van der Waals surface area (Å²) in [7, 11) is 0. The van der Waals surface area contributed by atoms with E-state index in [4.69, 9.17) is 56.8 Å². The molecular formula is C55H64I4O20. The first-order chi connectivity index (χ1) is 37.1. The fourth-order valence-electron chi connectivity index (χ4n) is 7.46. The average Bonchev–Trinajstić information content (AvgIpc) is 3.83. The van der Waals surface area contributed by atoms with Gasteiger partial charge in [-0.3, -0.25) is 24.0 Å². The molecule has 432 valence electrons. The minimum atomic E-state index is -2.72. The van der Waals surface area contributed by atoms with Crippen molar-refractivity contribution in [1.82, 2.24) is 0 Å². The van der Waals surface area contributed by atoms with E-state index in [9.17, 15) is 38.4 Å². The molecule has 9 atom stereocenters. The molecule has 0 radical (unpaired) electrons. The molecule has 0 aromatic heterocycles. The Hall–Kier alpha value is -3.98. The zero-order valence-electron chi connectivity index (χ0n) is 45.3. The lowest BCUT2D eigenvalue weighted by molar-refractivity contribution is -0.385. The minimum Gasteiger partial charge on any atom is -0.481 e. The maximum Gasteiger partial charge on any atom is 0.344 e. The van der Waals surface area contributed by atoms with E-state index < -0.39 is 159 Å². The number of esters is 8. The van der Waals surface area contributed by atoms with E-state index in [1.807, 2.05) is 12.1 Å². The van der Waals surface area contributed by atoms with Crippen LogP contribution in [0.2, 0.25) is 0 Å². The molecule has 2 fully saturated rings. The minimum absolute atomic E-state index is 0.132. The zero-order valence-corrected chi connectivity index (χ0v) is 53.9. The average molecular weight is 1550 g/mol. The van der Waals surface area contributed by atoms with Crippen molar-refractivity contribution in [2.75, 3.05) is 26.4 Å². The van der Waals surface area contributed by atoms with Gasteiger partial charge in [0.1, 0.15) is 37.8 Å². The number of benzene rings is 3. The summed E-state index contributed by atoms with van der Waals surface area (Å²) in [5.74, 6) is -13.5. The first-order valence-corrected chi connectivity index (χ1v) is 29.6. The summed E-state index contributed by atoms with van der Waals surface area (Å²) in [6.07, 6.45) is -14.6. The van der Waals surface area contributed by atoms with Crippen molar-refractivity contribution < 1.29 is 95.2 Å². The molecule has 2 saturated heterocycles. The predicted octanol–water partition coefficient (Wildman–Crippen LogP) is 8.73. The van der Waals surface area contributed by atoms with Gasteiger partial charge in [0.05, 0.1) is 44.3 Å². The Bertz CT molecular complexity index is 2640. The fourth-order valence-corrected chi connectivity index (χ4v) is 10.5. The van der Waals surface area contributed by atoms with E-state index in [1.54, 1.807) is 45.0 Å². The Labute approximate surface area is 513 Å². The molecule has 24 heteroatoms. The molecule has 5 rings (SSSR count). The topological polar surface area (TPSA) is 247 Å². The van der Waals surface area contributed by atoms with Crippen molar-refractivity contribution in [3.63, 3.8) is 0 Å². The normalized spacial score (nSPS) is 22.8. The molecule has 2 aliphatic heterocycles. The van der Waals surface area contributed by atoms with Crippen molar-refractivity contribution in [3.05, 3.63) is 91.6 Å². The number of carbonyl (C=O) groups is 8. The molecule has 0 unspecified atom stereocenters. The third-order valence-electron chi connectivity index (χ3n) is 11.8. The van der Waals surface area contributed by atoms with E-state index in [2.05, 4.69) is 90.4 Å². The molecule has 0 amide bonds. The molecule has 2 aliphatic rings. The zero-order chi connectivity index (χ0) is 58.6. The molecule has 20 nitrogen and oxygen atoms in total. The SMILES string of the molecule is Cc1cc(I)cc(I)c1OCC(=O)O[C@H]1[C@H](OC(=O)C(C)C)[C@@H](COC(=O)c2ccc(I)cc2)O[C@@]1(COC(=O)C(C)C)O[C@H]1O[C@H](COC(=O)c2ccc(I)cc2)[C@@H](OC(=O)C(C)C)[C@H](OC(=O)C(C)C)[C@H]1OC(=O)C(C)C. The second-order valence-electron chi connectivity index (χ2n) is 20.1. The summed E-state index contributed by atoms with van der Waals surface area (Å²) in [5, 5.41) is 0. The van der Waals surface area contributed by atoms with E-state index in [0.29, 0.717) is 14.9 Å². The molecule has 2 heterocycles. The lowest BCUT2D eigenvalue weighted by Crippen LogP contribution is -2.66. The van der Waals surface area contributed by atoms with Gasteiger partial charge in [-0.15, -0.1) is 0 Å². The van der Waals surface area contributed by atoms with Gasteiger partial charge in [-0.1, -0.05) is 69.2 Å². The number of hydrogen-bond acceptors (Lipinski definition) is 20. The van der Waals surface area contributed by atoms with Crippen LogP contribution in [0.3, 0.4) is 0 Å². The lowest BCUT2D eigenvalue weighted by atomic mass is 9.96. The van der Waals surface area contributed by atoms with Crippen LogP contribution in [0.25, 0.3) is 0 Å². The summed E-state index contributed by atoms with van der Waals surface area (Å²) >= 11 is 8.34. The Balaban J connectivity index is 1.75. The number of aryl methyl sites for hydroxylation is 1. The van der Waals surface area contributed by atoms with E-state index in [0.717, 1.165) is 10.7 Å². The maximum absolute atomic E-state index is 14.4. The van der Waals surface area contributed by atoms with Crippen molar-refractivity contribution >= 4 is 138 Å². The Morgan fingerprint density at radius 3 is 1.43 bits per heavy atom. The monoisotopic (exact) mass is 1550 g/mol. The molecule has 3 aromatic rings. The summed E-state index contributed by atoms with van der Waals surface area (Å²) < 4.78 is 77.5. The molecule has 0 bridgehead atoms. The molecular weight excluding hydrogens is 1490 g/mol. The fraction of sp³-hybridized carbons (Fsp3) is 0.527. The third-order valence-corrected chi connectivity index (χ3v) is 14.7. The largest absolute Gasteiger partial charge is 0.481 e. The highest BCUT2D eigenvalue weighted by Crippen LogP contribution is 2.42. The van der Waals surface area contributed by atoms with E-state index in [1.165, 1.54) is 79.7 Å². The van der Waals surface area contributed by atoms with Crippen LogP contribution < -0.4 is 4.74 Å². The lowest BCUT2D eigenvalue weighted by Gasteiger charge is -2.47. The first kappa shape index (κ1) is 65.8. The van der Waals surface area contributed by atoms with Crippen LogP contribution in [0, 0.1) is 50.8 Å². The van der Waals surface area contributed by atoms with Crippen LogP contribution in [-0.2, 0) is 80.9 Å². The summed E-state index contributed by atoms with van der Waals surface area (Å²) in [5.41, 5.74) is 0.954. The Morgan fingerprint density at radius 2 is 0.962 bits per heavy atom. The smallest absolute Gasteiger partial charge is 0.344 e. The van der Waals surface area contributed by atoms with Gasteiger partial charge in [0, 0.05) is 10.7 Å². The highest BCUT2D eigenvalue weighted by atomic mass is 127. The van der Waals surface area contributed by atoms with Gasteiger partial charge in [-0.25, -0.2) is 14.4 Å². The molecule has 0 spiro atoms. The summed E-state index contributed by atoms with van der Waals surface area (Å²) in [4.78, 5) is 111. The number of hydrogen-bond donors (Lipinski definition) is 0. The molecule has 0 saturated carbocycles. The number of ether oxygens (including phenoxy) is 12. The molecule has 79 heavy (non-hydrogen) atoms. The van der Waals surface area contributed by atoms with Crippen molar-refractivity contribution in [2.45, 2.75) is 131 Å². The Morgan fingerprint density at radius 1 is 0.519 bits per heavy atom. The second kappa shape index (κ2) is 29.8. The predicted molar refractivity (Wildman–Crippen MR) is 313 cm³/mol. The van der Waals surface area contributed by atoms with Crippen molar-refractivity contribution in [3.8, 4) is 5.75 Å². The van der Waals surface area contributed by atoms with E-state index >= 15 is 0 Å². The number of carbonyl (C=O) groups excluding carboxylic acids is 8. The van der Waals surface area contributed by atoms with Crippen molar-refractivity contribution in [1.29, 1.82) is 0 Å². The number of rotatable bonds is 23. The highest BCUT2D eigenvalue weighted by molar-refractivity contribution is 14.1. The van der Waals surface area contributed by atoms with Gasteiger partial charge in [0.2, 0.25) is 12.1 Å². The van der Waals surface area contributed by atoms with Gasteiger partial charge in [-0.05, 0) is 164 Å². The van der Waals surface area contributed by atoms with Gasteiger partial charge in [-0.2, -0.15) is 0 Å². The third kappa shape index (κ3) is 18.3. The van der Waals surface area contributed by atoms with Crippen LogP contribution in [-0.4, -0.2) is 129 Å². The highest BCUT2D eigenvalue weighted by Gasteiger charge is 2.65. The van der Waals surface area contributed by atoms with Crippen molar-refractivity contribution in [2.24, 2.45) is 29.6 Å². The van der Waals surface area contributed by atoms with Crippen LogP contribution in [0.5, 0.6) is 5.75 Å². The molecule has 3 aromatic carbocycles. The maximum atomic E-state index is 14.4. The van der Waals surface area contributed by atoms with Crippen LogP contribution in [0.1, 0.15) is 95.5 Å². The van der Waals surface area contributed by atoms with Gasteiger partial charge >= 0.3 is 47.8 Å². The number of halogens is 4. The van der Waals surface area contributed by atoms with Crippen LogP contribution >= 0.6 is 90.4 Å².